The molecule has 1 aromatic carbocycles. The maximum absolute atomic E-state index is 13.6. The number of amides is 2. The Morgan fingerprint density at radius 2 is 2.05 bits per heavy atom. The van der Waals surface area contributed by atoms with E-state index in [9.17, 15) is 22.4 Å². The molecule has 0 aliphatic carbocycles. The summed E-state index contributed by atoms with van der Waals surface area (Å²) >= 11 is 0. The lowest BCUT2D eigenvalue weighted by Gasteiger charge is -2.39. The van der Waals surface area contributed by atoms with Gasteiger partial charge in [-0.2, -0.15) is 0 Å². The number of nitrogens with zero attached hydrogens (tertiary/aromatic N) is 3. The summed E-state index contributed by atoms with van der Waals surface area (Å²) in [5.74, 6) is -1.25. The molecule has 3 aromatic rings. The van der Waals surface area contributed by atoms with Crippen molar-refractivity contribution in [2.24, 2.45) is 13.0 Å². The molecule has 2 unspecified atom stereocenters. The number of likely N-dealkylation sites (tertiary alicyclic amines) is 1. The molecule has 2 N–H and O–H groups in total. The number of hydrogen-bond acceptors (Lipinski definition) is 7. The summed E-state index contributed by atoms with van der Waals surface area (Å²) in [6.45, 7) is 3.88. The first-order valence-corrected chi connectivity index (χ1v) is 13.2. The van der Waals surface area contributed by atoms with Gasteiger partial charge in [0.15, 0.2) is 11.4 Å². The van der Waals surface area contributed by atoms with Crippen LogP contribution >= 0.6 is 0 Å². The first-order valence-electron chi connectivity index (χ1n) is 11.7. The Bertz CT molecular complexity index is 1500. The van der Waals surface area contributed by atoms with Crippen LogP contribution in [-0.4, -0.2) is 60.4 Å². The van der Waals surface area contributed by atoms with Gasteiger partial charge >= 0.3 is 5.91 Å². The number of sulfonamides is 1. The molecule has 37 heavy (non-hydrogen) atoms. The van der Waals surface area contributed by atoms with Crippen LogP contribution < -0.4 is 14.8 Å². The third-order valence-electron chi connectivity index (χ3n) is 6.62. The molecule has 4 heterocycles. The molecule has 5 rings (SSSR count). The van der Waals surface area contributed by atoms with Crippen molar-refractivity contribution in [2.45, 2.75) is 31.2 Å². The van der Waals surface area contributed by atoms with Crippen LogP contribution in [0.25, 0.3) is 0 Å². The van der Waals surface area contributed by atoms with Crippen molar-refractivity contribution < 1.29 is 31.6 Å². The van der Waals surface area contributed by atoms with Crippen molar-refractivity contribution in [1.29, 1.82) is 0 Å². The average Bonchev–Trinajstić information content (AvgIpc) is 3.42. The van der Waals surface area contributed by atoms with Gasteiger partial charge in [0.05, 0.1) is 12.8 Å². The highest BCUT2D eigenvalue weighted by Gasteiger charge is 2.40. The predicted molar refractivity (Wildman–Crippen MR) is 129 cm³/mol. The number of halogens is 1. The fourth-order valence-corrected chi connectivity index (χ4v) is 6.13. The van der Waals surface area contributed by atoms with Crippen LogP contribution in [0.2, 0.25) is 0 Å². The second-order valence-electron chi connectivity index (χ2n) is 9.31. The minimum absolute atomic E-state index is 0.0210. The van der Waals surface area contributed by atoms with E-state index in [1.54, 1.807) is 20.9 Å². The smallest absolute Gasteiger partial charge is 0.309 e. The van der Waals surface area contributed by atoms with Gasteiger partial charge in [0, 0.05) is 44.0 Å². The second-order valence-corrected chi connectivity index (χ2v) is 11.0. The number of carbonyl (C=O) groups is 2. The first-order chi connectivity index (χ1) is 17.5. The third kappa shape index (κ3) is 4.71. The summed E-state index contributed by atoms with van der Waals surface area (Å²) in [7, 11) is -2.56. The number of ether oxygens (including phenoxy) is 1. The lowest BCUT2D eigenvalue weighted by molar-refractivity contribution is 0.0562. The molecule has 0 bridgehead atoms. The van der Waals surface area contributed by atoms with E-state index in [0.29, 0.717) is 30.0 Å². The molecule has 196 valence electrons. The van der Waals surface area contributed by atoms with E-state index in [1.165, 1.54) is 40.1 Å². The summed E-state index contributed by atoms with van der Waals surface area (Å²) in [5, 5.41) is 2.68. The van der Waals surface area contributed by atoms with Crippen molar-refractivity contribution >= 4 is 27.5 Å². The summed E-state index contributed by atoms with van der Waals surface area (Å²) in [6, 6.07) is 3.54. The Morgan fingerprint density at radius 1 is 1.27 bits per heavy atom. The molecule has 0 saturated carbocycles. The number of nitrogens with one attached hydrogen (secondary N) is 2. The van der Waals surface area contributed by atoms with E-state index in [0.717, 1.165) is 0 Å². The highest BCUT2D eigenvalue weighted by atomic mass is 32.2. The SMILES string of the molecule is Cc1cnc(C(=O)N2CCC3COc4c(cn(C)c4C(=O)Nc4ccc(F)c(C)c4)S(=O)(=O)NC3C2)o1. The molecule has 0 spiro atoms. The van der Waals surface area contributed by atoms with Crippen LogP contribution in [0.1, 0.15) is 38.9 Å². The number of piperidine rings is 1. The molecular weight excluding hydrogens is 505 g/mol. The van der Waals surface area contributed by atoms with Gasteiger partial charge in [0.2, 0.25) is 10.0 Å². The number of fused-ring (bicyclic) bond motifs is 2. The summed E-state index contributed by atoms with van der Waals surface area (Å²) in [5.41, 5.74) is 0.744. The second kappa shape index (κ2) is 9.30. The molecule has 11 nitrogen and oxygen atoms in total. The van der Waals surface area contributed by atoms with E-state index in [4.69, 9.17) is 9.15 Å². The van der Waals surface area contributed by atoms with Crippen molar-refractivity contribution in [1.82, 2.24) is 19.2 Å². The Balaban J connectivity index is 1.40. The van der Waals surface area contributed by atoms with Gasteiger partial charge in [-0.05, 0) is 44.0 Å². The van der Waals surface area contributed by atoms with Gasteiger partial charge in [-0.1, -0.05) is 0 Å². The van der Waals surface area contributed by atoms with Crippen LogP contribution in [0.3, 0.4) is 0 Å². The summed E-state index contributed by atoms with van der Waals surface area (Å²) < 4.78 is 55.7. The maximum atomic E-state index is 13.6. The van der Waals surface area contributed by atoms with Gasteiger partial charge in [-0.3, -0.25) is 9.59 Å². The molecule has 2 aliphatic heterocycles. The molecule has 1 saturated heterocycles. The average molecular weight is 532 g/mol. The standard InChI is InChI=1S/C24H26FN5O6S/c1-13-8-16(4-5-17(13)25)27-22(31)20-21-19(11-29(20)3)37(33,34)28-18-10-30(7-6-15(18)12-35-21)24(32)23-26-9-14(2)36-23/h4-5,8-9,11,15,18,28H,6-7,10,12H2,1-3H3,(H,27,31). The molecule has 1 fully saturated rings. The van der Waals surface area contributed by atoms with E-state index >= 15 is 0 Å². The number of carbonyl (C=O) groups excluding carboxylic acids is 2. The normalized spacial score (nSPS) is 20.7. The number of oxazole rings is 1. The molecule has 13 heteroatoms. The van der Waals surface area contributed by atoms with Crippen molar-refractivity contribution in [3.63, 3.8) is 0 Å². The van der Waals surface area contributed by atoms with Crippen LogP contribution in [0.15, 0.2) is 39.9 Å². The lowest BCUT2D eigenvalue weighted by Crippen LogP contribution is -2.56. The number of aryl methyl sites for hydroxylation is 3. The number of aromatic nitrogens is 2. The van der Waals surface area contributed by atoms with E-state index in [1.807, 2.05) is 0 Å². The minimum atomic E-state index is -4.10. The predicted octanol–water partition coefficient (Wildman–Crippen LogP) is 2.22. The maximum Gasteiger partial charge on any atom is 0.309 e. The largest absolute Gasteiger partial charge is 0.489 e. The Labute approximate surface area is 212 Å². The molecule has 2 aliphatic rings. The number of benzene rings is 1. The summed E-state index contributed by atoms with van der Waals surface area (Å²) in [6.07, 6.45) is 3.23. The van der Waals surface area contributed by atoms with Crippen LogP contribution in [0.5, 0.6) is 5.75 Å². The minimum Gasteiger partial charge on any atom is -0.489 e. The Hall–Kier alpha value is -3.71. The zero-order chi connectivity index (χ0) is 26.5. The lowest BCUT2D eigenvalue weighted by atomic mass is 9.93. The van der Waals surface area contributed by atoms with Gasteiger partial charge in [0.25, 0.3) is 11.8 Å². The monoisotopic (exact) mass is 531 g/mol. The molecule has 2 amide bonds. The quantitative estimate of drug-likeness (QED) is 0.529. The molecule has 0 radical (unpaired) electrons. The highest BCUT2D eigenvalue weighted by Crippen LogP contribution is 2.35. The zero-order valence-electron chi connectivity index (χ0n) is 20.4. The van der Waals surface area contributed by atoms with Gasteiger partial charge in [-0.15, -0.1) is 0 Å². The zero-order valence-corrected chi connectivity index (χ0v) is 21.3. The van der Waals surface area contributed by atoms with E-state index in [2.05, 4.69) is 15.0 Å². The Morgan fingerprint density at radius 3 is 2.76 bits per heavy atom. The molecule has 2 aromatic heterocycles. The first kappa shape index (κ1) is 25.0. The topological polar surface area (TPSA) is 136 Å². The van der Waals surface area contributed by atoms with Crippen molar-refractivity contribution in [2.75, 3.05) is 25.0 Å². The number of hydrogen-bond donors (Lipinski definition) is 2. The van der Waals surface area contributed by atoms with E-state index < -0.39 is 33.7 Å². The third-order valence-corrected chi connectivity index (χ3v) is 8.10. The van der Waals surface area contributed by atoms with Crippen molar-refractivity contribution in [3.8, 4) is 5.75 Å². The van der Waals surface area contributed by atoms with Gasteiger partial charge in [-0.25, -0.2) is 22.5 Å². The van der Waals surface area contributed by atoms with Crippen LogP contribution in [0, 0.1) is 25.6 Å². The fraction of sp³-hybridized carbons (Fsp3) is 0.375. The van der Waals surface area contributed by atoms with E-state index in [-0.39, 0.29) is 41.3 Å². The van der Waals surface area contributed by atoms with Crippen molar-refractivity contribution in [3.05, 3.63) is 59.3 Å². The van der Waals surface area contributed by atoms with Crippen LogP contribution in [0.4, 0.5) is 10.1 Å². The van der Waals surface area contributed by atoms with Crippen LogP contribution in [-0.2, 0) is 17.1 Å². The van der Waals surface area contributed by atoms with Gasteiger partial charge in [0.1, 0.15) is 16.5 Å². The van der Waals surface area contributed by atoms with Gasteiger partial charge < -0.3 is 23.9 Å². The number of anilines is 1. The number of rotatable bonds is 3. The highest BCUT2D eigenvalue weighted by molar-refractivity contribution is 7.89. The fourth-order valence-electron chi connectivity index (χ4n) is 4.64. The molecular formula is C24H26FN5O6S. The summed E-state index contributed by atoms with van der Waals surface area (Å²) in [4.78, 5) is 31.2. The molecule has 2 atom stereocenters. The Kier molecular flexibility index (Phi) is 6.28.